The molecule has 0 aliphatic heterocycles. The SMILES string of the molecule is O=C(C[C@H](Nc1cccc(Cl)c1)c1ccc(Cl)cc1)c1ccc(Br)cc1. The van der Waals surface area contributed by atoms with Crippen LogP contribution in [0, 0.1) is 0 Å². The van der Waals surface area contributed by atoms with Crippen molar-refractivity contribution in [1.82, 2.24) is 0 Å². The molecule has 26 heavy (non-hydrogen) atoms. The smallest absolute Gasteiger partial charge is 0.165 e. The summed E-state index contributed by atoms with van der Waals surface area (Å²) in [7, 11) is 0. The molecule has 2 nitrogen and oxygen atoms in total. The molecule has 0 fully saturated rings. The Labute approximate surface area is 171 Å². The largest absolute Gasteiger partial charge is 0.378 e. The minimum absolute atomic E-state index is 0.0620. The van der Waals surface area contributed by atoms with E-state index in [0.717, 1.165) is 15.7 Å². The van der Waals surface area contributed by atoms with Crippen molar-refractivity contribution < 1.29 is 4.79 Å². The van der Waals surface area contributed by atoms with Crippen LogP contribution in [0.1, 0.15) is 28.4 Å². The van der Waals surface area contributed by atoms with Crippen LogP contribution in [0.5, 0.6) is 0 Å². The van der Waals surface area contributed by atoms with Crippen molar-refractivity contribution in [3.63, 3.8) is 0 Å². The Morgan fingerprint density at radius 2 is 1.62 bits per heavy atom. The van der Waals surface area contributed by atoms with Gasteiger partial charge < -0.3 is 5.32 Å². The molecule has 132 valence electrons. The summed E-state index contributed by atoms with van der Waals surface area (Å²) in [4.78, 5) is 12.8. The molecule has 3 aromatic rings. The van der Waals surface area contributed by atoms with Crippen LogP contribution in [0.3, 0.4) is 0 Å². The number of hydrogen-bond acceptors (Lipinski definition) is 2. The summed E-state index contributed by atoms with van der Waals surface area (Å²) in [5, 5.41) is 4.71. The van der Waals surface area contributed by atoms with Gasteiger partial charge in [0.15, 0.2) is 5.78 Å². The Hall–Kier alpha value is -1.81. The van der Waals surface area contributed by atoms with Gasteiger partial charge in [-0.1, -0.05) is 69.5 Å². The number of nitrogens with one attached hydrogen (secondary N) is 1. The topological polar surface area (TPSA) is 29.1 Å². The Morgan fingerprint density at radius 1 is 0.923 bits per heavy atom. The Balaban J connectivity index is 1.85. The molecule has 3 rings (SSSR count). The van der Waals surface area contributed by atoms with E-state index in [9.17, 15) is 4.79 Å². The van der Waals surface area contributed by atoms with E-state index >= 15 is 0 Å². The van der Waals surface area contributed by atoms with Crippen LogP contribution in [0.4, 0.5) is 5.69 Å². The molecule has 0 saturated carbocycles. The molecule has 0 aliphatic rings. The highest BCUT2D eigenvalue weighted by Gasteiger charge is 2.17. The summed E-state index contributed by atoms with van der Waals surface area (Å²) in [6.45, 7) is 0. The van der Waals surface area contributed by atoms with E-state index in [1.54, 1.807) is 0 Å². The maximum absolute atomic E-state index is 12.8. The second-order valence-electron chi connectivity index (χ2n) is 5.89. The van der Waals surface area contributed by atoms with E-state index in [0.29, 0.717) is 22.0 Å². The Morgan fingerprint density at radius 3 is 2.27 bits per heavy atom. The number of carbonyl (C=O) groups is 1. The minimum Gasteiger partial charge on any atom is -0.378 e. The van der Waals surface area contributed by atoms with Crippen LogP contribution in [0.25, 0.3) is 0 Å². The first-order valence-corrected chi connectivity index (χ1v) is 9.62. The molecular formula is C21H16BrCl2NO. The van der Waals surface area contributed by atoms with Gasteiger partial charge in [-0.3, -0.25) is 4.79 Å². The third-order valence-corrected chi connectivity index (χ3v) is 5.01. The fourth-order valence-electron chi connectivity index (χ4n) is 2.67. The molecule has 0 unspecified atom stereocenters. The number of hydrogen-bond donors (Lipinski definition) is 1. The first-order chi connectivity index (χ1) is 12.5. The van der Waals surface area contributed by atoms with Crippen molar-refractivity contribution in [1.29, 1.82) is 0 Å². The lowest BCUT2D eigenvalue weighted by Crippen LogP contribution is -2.15. The molecule has 0 spiro atoms. The van der Waals surface area contributed by atoms with E-state index < -0.39 is 0 Å². The Bertz CT molecular complexity index is 895. The zero-order chi connectivity index (χ0) is 18.5. The standard InChI is InChI=1S/C21H16BrCl2NO/c22-16-8-4-15(5-9-16)21(26)13-20(14-6-10-17(23)11-7-14)25-19-3-1-2-18(24)12-19/h1-12,20,25H,13H2/t20-/m0/s1. The van der Waals surface area contributed by atoms with Crippen LogP contribution in [-0.2, 0) is 0 Å². The second-order valence-corrected chi connectivity index (χ2v) is 7.68. The summed E-state index contributed by atoms with van der Waals surface area (Å²) < 4.78 is 0.945. The average molecular weight is 449 g/mol. The van der Waals surface area contributed by atoms with Crippen LogP contribution < -0.4 is 5.32 Å². The molecule has 0 aliphatic carbocycles. The first-order valence-electron chi connectivity index (χ1n) is 8.07. The molecular weight excluding hydrogens is 433 g/mol. The second kappa shape index (κ2) is 8.72. The maximum atomic E-state index is 12.8. The molecule has 0 heterocycles. The summed E-state index contributed by atoms with van der Waals surface area (Å²) in [6.07, 6.45) is 0.315. The number of rotatable bonds is 6. The quantitative estimate of drug-likeness (QED) is 0.404. The molecule has 5 heteroatoms. The highest BCUT2D eigenvalue weighted by Crippen LogP contribution is 2.27. The van der Waals surface area contributed by atoms with Gasteiger partial charge in [0.05, 0.1) is 6.04 Å². The predicted molar refractivity (Wildman–Crippen MR) is 112 cm³/mol. The van der Waals surface area contributed by atoms with Gasteiger partial charge in [-0.15, -0.1) is 0 Å². The van der Waals surface area contributed by atoms with E-state index in [4.69, 9.17) is 23.2 Å². The molecule has 0 radical (unpaired) electrons. The van der Waals surface area contributed by atoms with Crippen LogP contribution in [0.2, 0.25) is 10.0 Å². The van der Waals surface area contributed by atoms with Crippen molar-refractivity contribution in [2.45, 2.75) is 12.5 Å². The minimum atomic E-state index is -0.193. The monoisotopic (exact) mass is 447 g/mol. The van der Waals surface area contributed by atoms with Crippen LogP contribution in [0.15, 0.2) is 77.3 Å². The fourth-order valence-corrected chi connectivity index (χ4v) is 3.25. The molecule has 0 amide bonds. The summed E-state index contributed by atoms with van der Waals surface area (Å²) >= 11 is 15.5. The number of ketones is 1. The normalized spacial score (nSPS) is 11.8. The number of anilines is 1. The fraction of sp³-hybridized carbons (Fsp3) is 0.0952. The molecule has 0 bridgehead atoms. The van der Waals surface area contributed by atoms with Gasteiger partial charge in [0, 0.05) is 32.2 Å². The van der Waals surface area contributed by atoms with Gasteiger partial charge in [0.2, 0.25) is 0 Å². The van der Waals surface area contributed by atoms with Crippen LogP contribution in [-0.4, -0.2) is 5.78 Å². The predicted octanol–water partition coefficient (Wildman–Crippen LogP) is 7.18. The Kier molecular flexibility index (Phi) is 6.36. The van der Waals surface area contributed by atoms with Gasteiger partial charge in [0.1, 0.15) is 0 Å². The summed E-state index contributed by atoms with van der Waals surface area (Å²) in [5.74, 6) is 0.0620. The molecule has 0 saturated heterocycles. The highest BCUT2D eigenvalue weighted by molar-refractivity contribution is 9.10. The van der Waals surface area contributed by atoms with Gasteiger partial charge in [-0.2, -0.15) is 0 Å². The number of benzene rings is 3. The zero-order valence-electron chi connectivity index (χ0n) is 13.8. The third-order valence-electron chi connectivity index (χ3n) is 3.99. The lowest BCUT2D eigenvalue weighted by atomic mass is 9.97. The molecule has 1 atom stereocenters. The van der Waals surface area contributed by atoms with Crippen LogP contribution >= 0.6 is 39.1 Å². The average Bonchev–Trinajstić information content (AvgIpc) is 2.62. The third kappa shape index (κ3) is 5.10. The first kappa shape index (κ1) is 19.0. The number of halogens is 3. The molecule has 0 aromatic heterocycles. The van der Waals surface area contributed by atoms with E-state index in [1.165, 1.54) is 0 Å². The van der Waals surface area contributed by atoms with Gasteiger partial charge >= 0.3 is 0 Å². The number of Topliss-reactive ketones (excluding diaryl/α,β-unsaturated/α-hetero) is 1. The highest BCUT2D eigenvalue weighted by atomic mass is 79.9. The number of carbonyl (C=O) groups excluding carboxylic acids is 1. The zero-order valence-corrected chi connectivity index (χ0v) is 16.9. The van der Waals surface area contributed by atoms with Crippen molar-refractivity contribution in [3.8, 4) is 0 Å². The lowest BCUT2D eigenvalue weighted by Gasteiger charge is -2.20. The van der Waals surface area contributed by atoms with E-state index in [2.05, 4.69) is 21.2 Å². The molecule has 1 N–H and O–H groups in total. The van der Waals surface area contributed by atoms with Gasteiger partial charge in [-0.05, 0) is 48.0 Å². The van der Waals surface area contributed by atoms with E-state index in [-0.39, 0.29) is 11.8 Å². The van der Waals surface area contributed by atoms with Crippen molar-refractivity contribution in [3.05, 3.63) is 98.4 Å². The van der Waals surface area contributed by atoms with Gasteiger partial charge in [0.25, 0.3) is 0 Å². The lowest BCUT2D eigenvalue weighted by molar-refractivity contribution is 0.0976. The maximum Gasteiger partial charge on any atom is 0.165 e. The van der Waals surface area contributed by atoms with Gasteiger partial charge in [-0.25, -0.2) is 0 Å². The van der Waals surface area contributed by atoms with Crippen molar-refractivity contribution >= 4 is 50.6 Å². The summed E-state index contributed by atoms with van der Waals surface area (Å²) in [5.41, 5.74) is 2.53. The summed E-state index contributed by atoms with van der Waals surface area (Å²) in [6, 6.07) is 22.2. The molecule has 3 aromatic carbocycles. The van der Waals surface area contributed by atoms with Crippen molar-refractivity contribution in [2.24, 2.45) is 0 Å². The van der Waals surface area contributed by atoms with E-state index in [1.807, 2.05) is 72.8 Å². The van der Waals surface area contributed by atoms with Crippen molar-refractivity contribution in [2.75, 3.05) is 5.32 Å².